The minimum atomic E-state index is -0.940. The van der Waals surface area contributed by atoms with Gasteiger partial charge in [-0.1, -0.05) is 6.92 Å². The van der Waals surface area contributed by atoms with Crippen molar-refractivity contribution in [3.05, 3.63) is 78.7 Å². The molecule has 1 atom stereocenters. The maximum Gasteiger partial charge on any atom is 0.303 e. The number of allylic oxidation sites excluding steroid dienone is 4. The molecule has 12 nitrogen and oxygen atoms in total. The van der Waals surface area contributed by atoms with Crippen molar-refractivity contribution in [3.63, 3.8) is 0 Å². The maximum atomic E-state index is 11.7. The zero-order valence-corrected chi connectivity index (χ0v) is 27.4. The molecule has 0 saturated carbocycles. The molecule has 12 heteroatoms. The third-order valence-corrected chi connectivity index (χ3v) is 9.43. The number of fused-ring (bicyclic) bond motifs is 7. The smallest absolute Gasteiger partial charge is 0.303 e. The molecule has 0 radical (unpaired) electrons. The van der Waals surface area contributed by atoms with Crippen LogP contribution in [0.2, 0.25) is 0 Å². The van der Waals surface area contributed by atoms with Gasteiger partial charge in [-0.25, -0.2) is 4.99 Å². The van der Waals surface area contributed by atoms with Gasteiger partial charge in [-0.15, -0.1) is 0 Å². The molecule has 7 N–H and O–H groups in total. The summed E-state index contributed by atoms with van der Waals surface area (Å²) in [5.74, 6) is -3.72. The summed E-state index contributed by atoms with van der Waals surface area (Å²) >= 11 is 0. The van der Waals surface area contributed by atoms with Gasteiger partial charge in [0.1, 0.15) is 0 Å². The van der Waals surface area contributed by atoms with Crippen molar-refractivity contribution in [1.82, 2.24) is 15.3 Å². The van der Waals surface area contributed by atoms with Gasteiger partial charge in [0.05, 0.1) is 11.4 Å². The lowest BCUT2D eigenvalue weighted by Gasteiger charge is -2.23. The summed E-state index contributed by atoms with van der Waals surface area (Å²) in [7, 11) is 0. The zero-order chi connectivity index (χ0) is 34.9. The van der Waals surface area contributed by atoms with Gasteiger partial charge in [0.2, 0.25) is 0 Å². The van der Waals surface area contributed by atoms with Crippen molar-refractivity contribution >= 4 is 53.9 Å². The van der Waals surface area contributed by atoms with Gasteiger partial charge in [0, 0.05) is 64.6 Å². The highest BCUT2D eigenvalue weighted by Crippen LogP contribution is 2.41. The first-order chi connectivity index (χ1) is 22.6. The van der Waals surface area contributed by atoms with E-state index in [1.165, 1.54) is 0 Å². The fraction of sp³-hybridized carbons (Fsp3) is 0.361. The van der Waals surface area contributed by atoms with Gasteiger partial charge in [0.15, 0.2) is 0 Å². The number of nitrogens with zero attached hydrogens (tertiary/aromatic N) is 1. The molecule has 5 heterocycles. The van der Waals surface area contributed by atoms with Crippen LogP contribution in [-0.4, -0.2) is 60.0 Å². The molecule has 2 aromatic rings. The maximum absolute atomic E-state index is 11.7. The number of rotatable bonds is 12. The lowest BCUT2D eigenvalue weighted by Crippen LogP contribution is -2.21. The van der Waals surface area contributed by atoms with Crippen LogP contribution in [0.15, 0.2) is 39.3 Å². The van der Waals surface area contributed by atoms with Crippen molar-refractivity contribution in [2.45, 2.75) is 79.1 Å². The summed E-state index contributed by atoms with van der Waals surface area (Å²) < 4.78 is 0. The fourth-order valence-corrected chi connectivity index (χ4v) is 6.62. The number of nitrogens with one attached hydrogen (secondary N) is 3. The first-order valence-electron chi connectivity index (χ1n) is 15.9. The number of aliphatic carboxylic acids is 4. The first kappa shape index (κ1) is 34.0. The van der Waals surface area contributed by atoms with Crippen molar-refractivity contribution in [2.24, 2.45) is 10.4 Å². The van der Waals surface area contributed by atoms with E-state index in [-0.39, 0.29) is 44.9 Å². The van der Waals surface area contributed by atoms with Crippen LogP contribution in [0.25, 0.3) is 24.3 Å². The number of carbonyl (C=O) groups is 4. The normalized spacial score (nSPS) is 18.2. The monoisotopic (exact) mass is 656 g/mol. The number of hydrogen-bond acceptors (Lipinski definition) is 6. The van der Waals surface area contributed by atoms with Gasteiger partial charge >= 0.3 is 23.9 Å². The number of carboxylic acid groups (broad SMARTS) is 4. The summed E-state index contributed by atoms with van der Waals surface area (Å²) in [4.78, 5) is 58.3. The number of hydrogen-bond donors (Lipinski definition) is 7. The van der Waals surface area contributed by atoms with E-state index in [1.54, 1.807) is 0 Å². The third-order valence-electron chi connectivity index (χ3n) is 9.43. The predicted octanol–water partition coefficient (Wildman–Crippen LogP) is 3.94. The van der Waals surface area contributed by atoms with Gasteiger partial charge < -0.3 is 35.7 Å². The van der Waals surface area contributed by atoms with Gasteiger partial charge in [-0.05, 0) is 110 Å². The number of H-pyrrole nitrogens is 2. The van der Waals surface area contributed by atoms with E-state index in [0.717, 1.165) is 50.1 Å². The Balaban J connectivity index is 1.81. The second kappa shape index (κ2) is 13.4. The molecule has 2 aromatic heterocycles. The van der Waals surface area contributed by atoms with Crippen molar-refractivity contribution in [2.75, 3.05) is 0 Å². The molecule has 48 heavy (non-hydrogen) atoms. The Labute approximate surface area is 276 Å². The topological polar surface area (TPSA) is 205 Å². The van der Waals surface area contributed by atoms with Gasteiger partial charge in [-0.2, -0.15) is 0 Å². The zero-order valence-electron chi connectivity index (χ0n) is 27.4. The Hall–Kier alpha value is -5.39. The van der Waals surface area contributed by atoms with E-state index in [0.29, 0.717) is 34.6 Å². The van der Waals surface area contributed by atoms with E-state index in [9.17, 15) is 39.6 Å². The van der Waals surface area contributed by atoms with Crippen molar-refractivity contribution in [1.29, 1.82) is 0 Å². The number of aliphatic imine (C=N–C) groups is 1. The highest BCUT2D eigenvalue weighted by Gasteiger charge is 2.34. The molecule has 3 aliphatic heterocycles. The molecule has 0 spiro atoms. The number of carboxylic acids is 4. The molecule has 0 saturated heterocycles. The van der Waals surface area contributed by atoms with Crippen LogP contribution in [-0.2, 0) is 32.0 Å². The molecule has 0 fully saturated rings. The summed E-state index contributed by atoms with van der Waals surface area (Å²) in [5, 5.41) is 43.0. The Kier molecular flexibility index (Phi) is 9.47. The quantitative estimate of drug-likeness (QED) is 0.176. The van der Waals surface area contributed by atoms with Crippen molar-refractivity contribution in [3.8, 4) is 0 Å². The van der Waals surface area contributed by atoms with Crippen LogP contribution < -0.4 is 16.0 Å². The number of aromatic amines is 2. The molecule has 0 aliphatic carbocycles. The Bertz CT molecular complexity index is 2020. The van der Waals surface area contributed by atoms with Crippen LogP contribution in [0, 0.1) is 19.3 Å². The highest BCUT2D eigenvalue weighted by molar-refractivity contribution is 6.23. The van der Waals surface area contributed by atoms with Crippen molar-refractivity contribution < 1.29 is 39.6 Å². The third kappa shape index (κ3) is 7.12. The Morgan fingerprint density at radius 1 is 0.708 bits per heavy atom. The van der Waals surface area contributed by atoms with Crippen LogP contribution in [0.4, 0.5) is 0 Å². The molecule has 0 amide bonds. The van der Waals surface area contributed by atoms with Crippen LogP contribution in [0.1, 0.15) is 86.0 Å². The molecular weight excluding hydrogens is 616 g/mol. The van der Waals surface area contributed by atoms with E-state index in [1.807, 2.05) is 58.1 Å². The molecule has 5 rings (SSSR count). The van der Waals surface area contributed by atoms with Crippen LogP contribution in [0.5, 0.6) is 0 Å². The first-order valence-corrected chi connectivity index (χ1v) is 15.9. The summed E-state index contributed by atoms with van der Waals surface area (Å²) in [6.07, 6.45) is 10.3. The largest absolute Gasteiger partial charge is 0.481 e. The van der Waals surface area contributed by atoms with E-state index in [4.69, 9.17) is 4.99 Å². The lowest BCUT2D eigenvalue weighted by molar-refractivity contribution is -0.138. The molecule has 1 unspecified atom stereocenters. The SMILES string of the molecule is CC1=C(CCC(=O)O)C2=Cc3[nH]c(c(CCC(=O)O)c3C)C=C3NC(=CC3(C)CCC(=O)O)C=c3[nH]c(c(CCC(=O)O)c3C)=CC1=N2. The fourth-order valence-electron chi connectivity index (χ4n) is 6.62. The molecule has 252 valence electrons. The summed E-state index contributed by atoms with van der Waals surface area (Å²) in [6.45, 7) is 7.66. The lowest BCUT2D eigenvalue weighted by atomic mass is 9.82. The second-order valence-electron chi connectivity index (χ2n) is 12.8. The van der Waals surface area contributed by atoms with E-state index in [2.05, 4.69) is 15.3 Å². The van der Waals surface area contributed by atoms with Crippen LogP contribution in [0.3, 0.4) is 0 Å². The highest BCUT2D eigenvalue weighted by atomic mass is 16.4. The molecular formula is C36H40N4O8. The molecule has 3 aliphatic rings. The van der Waals surface area contributed by atoms with E-state index < -0.39 is 29.3 Å². The summed E-state index contributed by atoms with van der Waals surface area (Å²) in [5.41, 5.74) is 8.23. The minimum Gasteiger partial charge on any atom is -0.481 e. The Morgan fingerprint density at radius 2 is 1.33 bits per heavy atom. The standard InChI is InChI=1S/C36H40N4O8/c1-18-22(5-8-32(41)42)28-14-26-19(2)23(6-9-33(43)44)29(39-26)15-27-20(3)24(7-10-34(45)46)30(40-27)16-31-36(4,12-11-35(47)48)17-21(37-31)13-25(18)38-28/h13-17,37-38,40H,5-12H2,1-4H3,(H,41,42)(H,43,44)(H,45,46)(H,47,48). The van der Waals surface area contributed by atoms with Gasteiger partial charge in [0.25, 0.3) is 0 Å². The van der Waals surface area contributed by atoms with Crippen LogP contribution >= 0.6 is 0 Å². The average molecular weight is 657 g/mol. The predicted molar refractivity (Wildman–Crippen MR) is 180 cm³/mol. The minimum absolute atomic E-state index is 0.0723. The number of aromatic nitrogens is 2. The Morgan fingerprint density at radius 3 is 1.98 bits per heavy atom. The summed E-state index contributed by atoms with van der Waals surface area (Å²) in [6, 6.07) is 0. The second-order valence-corrected chi connectivity index (χ2v) is 12.8. The van der Waals surface area contributed by atoms with Gasteiger partial charge in [-0.3, -0.25) is 19.2 Å². The molecule has 0 aromatic carbocycles. The van der Waals surface area contributed by atoms with E-state index >= 15 is 0 Å². The average Bonchev–Trinajstić information content (AvgIpc) is 3.66. The molecule has 8 bridgehead atoms.